The van der Waals surface area contributed by atoms with E-state index in [2.05, 4.69) is 9.72 Å². The highest BCUT2D eigenvalue weighted by atomic mass is 19.4. The van der Waals surface area contributed by atoms with Gasteiger partial charge >= 0.3 is 12.1 Å². The number of carbonyl (C=O) groups excluding carboxylic acids is 1. The maximum atomic E-state index is 13.1. The van der Waals surface area contributed by atoms with Crippen LogP contribution in [0.1, 0.15) is 59.8 Å². The third kappa shape index (κ3) is 3.11. The number of halogens is 3. The highest BCUT2D eigenvalue weighted by Crippen LogP contribution is 2.39. The number of aromatic nitrogens is 1. The van der Waals surface area contributed by atoms with Crippen LogP contribution < -0.4 is 0 Å². The molecule has 0 unspecified atom stereocenters. The van der Waals surface area contributed by atoms with E-state index in [0.717, 1.165) is 39.2 Å². The van der Waals surface area contributed by atoms with Gasteiger partial charge < -0.3 is 4.74 Å². The van der Waals surface area contributed by atoms with Crippen molar-refractivity contribution in [1.29, 1.82) is 0 Å². The summed E-state index contributed by atoms with van der Waals surface area (Å²) in [4.78, 5) is 14.8. The molecule has 1 aromatic heterocycles. The van der Waals surface area contributed by atoms with Crippen molar-refractivity contribution in [2.45, 2.75) is 44.2 Å². The van der Waals surface area contributed by atoms with E-state index in [1.165, 1.54) is 12.1 Å². The second-order valence-electron chi connectivity index (χ2n) is 4.96. The van der Waals surface area contributed by atoms with Gasteiger partial charge in [-0.2, -0.15) is 13.2 Å². The van der Waals surface area contributed by atoms with E-state index >= 15 is 0 Å². The first-order valence-corrected chi connectivity index (χ1v) is 6.60. The molecule has 0 spiro atoms. The number of methoxy groups -OCH3 is 1. The minimum absolute atomic E-state index is 0.125. The van der Waals surface area contributed by atoms with E-state index in [4.69, 9.17) is 0 Å². The Hall–Kier alpha value is -1.59. The predicted molar refractivity (Wildman–Crippen MR) is 66.4 cm³/mol. The molecule has 6 heteroatoms. The summed E-state index contributed by atoms with van der Waals surface area (Å²) in [6, 6.07) is 2.68. The fraction of sp³-hybridized carbons (Fsp3) is 0.571. The lowest BCUT2D eigenvalue weighted by molar-refractivity contribution is -0.142. The highest BCUT2D eigenvalue weighted by Gasteiger charge is 2.38. The zero-order valence-electron chi connectivity index (χ0n) is 11.2. The molecule has 0 saturated heterocycles. The number of rotatable bonds is 2. The second kappa shape index (κ2) is 5.81. The molecule has 0 radical (unpaired) electrons. The van der Waals surface area contributed by atoms with Crippen LogP contribution in [-0.4, -0.2) is 18.1 Å². The molecule has 1 aromatic rings. The van der Waals surface area contributed by atoms with Crippen molar-refractivity contribution < 1.29 is 22.7 Å². The molecule has 1 saturated carbocycles. The first-order valence-electron chi connectivity index (χ1n) is 6.60. The van der Waals surface area contributed by atoms with Gasteiger partial charge in [-0.1, -0.05) is 25.3 Å². The average molecular weight is 287 g/mol. The molecule has 1 aliphatic rings. The summed E-state index contributed by atoms with van der Waals surface area (Å²) in [6.45, 7) is 0. The van der Waals surface area contributed by atoms with Crippen molar-refractivity contribution in [3.63, 3.8) is 0 Å². The largest absolute Gasteiger partial charge is 0.464 e. The van der Waals surface area contributed by atoms with Crippen molar-refractivity contribution in [3.05, 3.63) is 29.1 Å². The Labute approximate surface area is 115 Å². The Bertz CT molecular complexity index is 494. The number of hydrogen-bond donors (Lipinski definition) is 0. The Morgan fingerprint density at radius 1 is 1.25 bits per heavy atom. The molecule has 1 aliphatic carbocycles. The van der Waals surface area contributed by atoms with Gasteiger partial charge in [0.05, 0.1) is 7.11 Å². The maximum absolute atomic E-state index is 13.1. The lowest BCUT2D eigenvalue weighted by Gasteiger charge is -2.24. The third-order valence-electron chi connectivity index (χ3n) is 3.63. The first kappa shape index (κ1) is 14.8. The molecule has 20 heavy (non-hydrogen) atoms. The van der Waals surface area contributed by atoms with Gasteiger partial charge in [0, 0.05) is 0 Å². The zero-order valence-corrected chi connectivity index (χ0v) is 11.2. The Morgan fingerprint density at radius 3 is 2.45 bits per heavy atom. The van der Waals surface area contributed by atoms with Crippen LogP contribution in [-0.2, 0) is 10.9 Å². The molecule has 3 nitrogen and oxygen atoms in total. The first-order chi connectivity index (χ1) is 9.43. The Kier molecular flexibility index (Phi) is 4.30. The van der Waals surface area contributed by atoms with Gasteiger partial charge in [0.25, 0.3) is 0 Å². The van der Waals surface area contributed by atoms with Crippen molar-refractivity contribution in [2.75, 3.05) is 7.11 Å². The van der Waals surface area contributed by atoms with Crippen molar-refractivity contribution in [3.8, 4) is 0 Å². The molecule has 0 bridgehead atoms. The van der Waals surface area contributed by atoms with Gasteiger partial charge in [0.15, 0.2) is 0 Å². The number of nitrogens with zero attached hydrogens (tertiary/aromatic N) is 1. The summed E-state index contributed by atoms with van der Waals surface area (Å²) in [5, 5.41) is 0. The number of hydrogen-bond acceptors (Lipinski definition) is 3. The van der Waals surface area contributed by atoms with E-state index in [0.29, 0.717) is 0 Å². The van der Waals surface area contributed by atoms with Crippen LogP contribution in [0.5, 0.6) is 0 Å². The van der Waals surface area contributed by atoms with E-state index in [1.54, 1.807) is 0 Å². The highest BCUT2D eigenvalue weighted by molar-refractivity contribution is 5.87. The second-order valence-corrected chi connectivity index (χ2v) is 4.96. The van der Waals surface area contributed by atoms with Crippen LogP contribution in [0.2, 0.25) is 0 Å². The van der Waals surface area contributed by atoms with Gasteiger partial charge in [-0.25, -0.2) is 9.78 Å². The van der Waals surface area contributed by atoms with E-state index in [-0.39, 0.29) is 17.2 Å². The van der Waals surface area contributed by atoms with Crippen LogP contribution in [0, 0.1) is 0 Å². The van der Waals surface area contributed by atoms with Crippen molar-refractivity contribution >= 4 is 5.97 Å². The van der Waals surface area contributed by atoms with Gasteiger partial charge in [-0.3, -0.25) is 0 Å². The van der Waals surface area contributed by atoms with E-state index < -0.39 is 17.8 Å². The molecule has 110 valence electrons. The number of carbonyl (C=O) groups is 1. The van der Waals surface area contributed by atoms with Gasteiger partial charge in [-0.15, -0.1) is 0 Å². The van der Waals surface area contributed by atoms with Crippen LogP contribution in [0.4, 0.5) is 13.2 Å². The lowest BCUT2D eigenvalue weighted by atomic mass is 9.83. The topological polar surface area (TPSA) is 39.2 Å². The smallest absolute Gasteiger partial charge is 0.433 e. The number of alkyl halides is 3. The number of pyridine rings is 1. The van der Waals surface area contributed by atoms with E-state index in [1.807, 2.05) is 0 Å². The minimum atomic E-state index is -4.56. The number of ether oxygens (including phenoxy) is 1. The van der Waals surface area contributed by atoms with Crippen molar-refractivity contribution in [2.24, 2.45) is 0 Å². The van der Waals surface area contributed by atoms with Crippen LogP contribution in [0.25, 0.3) is 0 Å². The zero-order chi connectivity index (χ0) is 14.8. The molecule has 0 amide bonds. The average Bonchev–Trinajstić information content (AvgIpc) is 2.46. The maximum Gasteiger partial charge on any atom is 0.433 e. The van der Waals surface area contributed by atoms with Crippen molar-refractivity contribution in [1.82, 2.24) is 4.98 Å². The summed E-state index contributed by atoms with van der Waals surface area (Å²) < 4.78 is 43.8. The van der Waals surface area contributed by atoms with Gasteiger partial charge in [0.1, 0.15) is 11.4 Å². The molecule has 0 N–H and O–H groups in total. The Morgan fingerprint density at radius 2 is 1.90 bits per heavy atom. The lowest BCUT2D eigenvalue weighted by Crippen LogP contribution is -2.18. The van der Waals surface area contributed by atoms with Gasteiger partial charge in [-0.05, 0) is 30.4 Å². The quantitative estimate of drug-likeness (QED) is 0.773. The molecule has 1 heterocycles. The summed E-state index contributed by atoms with van der Waals surface area (Å²) >= 11 is 0. The van der Waals surface area contributed by atoms with Crippen LogP contribution >= 0.6 is 0 Å². The standard InChI is InChI=1S/C14H16F3NO2/c1-20-13(19)11-8-7-10(9-5-3-2-4-6-9)12(18-11)14(15,16)17/h7-9H,2-6H2,1H3. The predicted octanol–water partition coefficient (Wildman–Crippen LogP) is 3.93. The summed E-state index contributed by atoms with van der Waals surface area (Å²) in [7, 11) is 1.12. The normalized spacial score (nSPS) is 17.0. The van der Waals surface area contributed by atoms with E-state index in [9.17, 15) is 18.0 Å². The van der Waals surface area contributed by atoms with Crippen LogP contribution in [0.3, 0.4) is 0 Å². The Balaban J connectivity index is 2.42. The summed E-state index contributed by atoms with van der Waals surface area (Å²) in [5.41, 5.74) is -1.06. The minimum Gasteiger partial charge on any atom is -0.464 e. The fourth-order valence-corrected chi connectivity index (χ4v) is 2.66. The SMILES string of the molecule is COC(=O)c1ccc(C2CCCCC2)c(C(F)(F)F)n1. The summed E-state index contributed by atoms with van der Waals surface area (Å²) in [5.74, 6) is -0.981. The molecule has 0 aliphatic heterocycles. The molecule has 0 aromatic carbocycles. The molecule has 0 atom stereocenters. The summed E-state index contributed by atoms with van der Waals surface area (Å²) in [6.07, 6.45) is -0.158. The monoisotopic (exact) mass is 287 g/mol. The third-order valence-corrected chi connectivity index (χ3v) is 3.63. The molecular formula is C14H16F3NO2. The van der Waals surface area contributed by atoms with Crippen LogP contribution in [0.15, 0.2) is 12.1 Å². The fourth-order valence-electron chi connectivity index (χ4n) is 2.66. The van der Waals surface area contributed by atoms with Gasteiger partial charge in [0.2, 0.25) is 0 Å². The molecule has 2 rings (SSSR count). The molecular weight excluding hydrogens is 271 g/mol. The number of esters is 1. The molecule has 1 fully saturated rings.